The summed E-state index contributed by atoms with van der Waals surface area (Å²) in [6, 6.07) is 2.51. The number of carbonyl (C=O) groups is 1. The minimum absolute atomic E-state index is 0.297. The van der Waals surface area contributed by atoms with E-state index in [1.54, 1.807) is 18.3 Å². The molecular weight excluding hydrogens is 406 g/mol. The number of rotatable bonds is 12. The molecule has 0 aliphatic heterocycles. The van der Waals surface area contributed by atoms with E-state index in [9.17, 15) is 23.4 Å². The molecule has 0 bridgehead atoms. The van der Waals surface area contributed by atoms with Crippen LogP contribution in [0.4, 0.5) is 0 Å². The van der Waals surface area contributed by atoms with E-state index in [1.165, 1.54) is 12.6 Å². The van der Waals surface area contributed by atoms with E-state index in [-0.39, 0.29) is 0 Å². The molecule has 3 atom stereocenters. The van der Waals surface area contributed by atoms with Gasteiger partial charge in [-0.25, -0.2) is 13.1 Å². The molecule has 4 N–H and O–H groups in total. The van der Waals surface area contributed by atoms with Gasteiger partial charge in [-0.05, 0) is 30.9 Å². The molecule has 1 aromatic heterocycles. The number of carbonyl (C=O) groups excluding carboxylic acids is 1. The fourth-order valence-corrected chi connectivity index (χ4v) is 5.09. The van der Waals surface area contributed by atoms with Crippen LogP contribution in [0, 0.1) is 5.92 Å². The predicted octanol–water partition coefficient (Wildman–Crippen LogP) is 1.59. The molecule has 1 aromatic rings. The van der Waals surface area contributed by atoms with Crippen LogP contribution in [0.1, 0.15) is 68.6 Å². The van der Waals surface area contributed by atoms with Crippen molar-refractivity contribution < 1.29 is 23.4 Å². The molecule has 170 valence electrons. The minimum atomic E-state index is -3.73. The first-order valence-corrected chi connectivity index (χ1v) is 12.5. The second kappa shape index (κ2) is 12.3. The Balaban J connectivity index is 2.06. The summed E-state index contributed by atoms with van der Waals surface area (Å²) in [5, 5.41) is 24.0. The third kappa shape index (κ3) is 8.29. The van der Waals surface area contributed by atoms with Crippen LogP contribution in [0.15, 0.2) is 24.5 Å². The number of unbranched alkanes of at least 4 members (excludes halogenated alkanes) is 1. The summed E-state index contributed by atoms with van der Waals surface area (Å²) in [6.45, 7) is 2.25. The lowest BCUT2D eigenvalue weighted by atomic mass is 9.83. The first-order chi connectivity index (χ1) is 14.3. The Morgan fingerprint density at radius 1 is 1.27 bits per heavy atom. The van der Waals surface area contributed by atoms with Gasteiger partial charge in [0.05, 0.1) is 23.5 Å². The van der Waals surface area contributed by atoms with E-state index in [1.807, 2.05) is 6.92 Å². The average molecular weight is 442 g/mol. The van der Waals surface area contributed by atoms with E-state index in [0.717, 1.165) is 32.1 Å². The monoisotopic (exact) mass is 441 g/mol. The van der Waals surface area contributed by atoms with Crippen molar-refractivity contribution in [2.24, 2.45) is 5.92 Å². The number of sulfonamides is 1. The van der Waals surface area contributed by atoms with Gasteiger partial charge in [-0.15, -0.1) is 0 Å². The Kier molecular flexibility index (Phi) is 10.2. The third-order valence-electron chi connectivity index (χ3n) is 5.60. The molecule has 0 unspecified atom stereocenters. The highest BCUT2D eigenvalue weighted by atomic mass is 32.2. The Bertz CT molecular complexity index is 738. The Morgan fingerprint density at radius 3 is 2.63 bits per heavy atom. The van der Waals surface area contributed by atoms with Crippen molar-refractivity contribution in [2.45, 2.75) is 76.5 Å². The van der Waals surface area contributed by atoms with E-state index in [2.05, 4.69) is 15.0 Å². The molecule has 1 aliphatic carbocycles. The average Bonchev–Trinajstić information content (AvgIpc) is 2.73. The maximum atomic E-state index is 12.6. The van der Waals surface area contributed by atoms with Gasteiger partial charge in [0.1, 0.15) is 6.10 Å². The highest BCUT2D eigenvalue weighted by Gasteiger charge is 2.33. The lowest BCUT2D eigenvalue weighted by Crippen LogP contribution is -2.52. The summed E-state index contributed by atoms with van der Waals surface area (Å²) in [5.41, 5.74) is 0.349. The quantitative estimate of drug-likeness (QED) is 0.365. The maximum absolute atomic E-state index is 12.6. The molecule has 9 heteroatoms. The molecule has 1 amide bonds. The van der Waals surface area contributed by atoms with Gasteiger partial charge in [-0.3, -0.25) is 9.78 Å². The molecule has 1 saturated carbocycles. The number of nitrogens with zero attached hydrogens (tertiary/aromatic N) is 1. The fourth-order valence-electron chi connectivity index (χ4n) is 3.87. The zero-order chi connectivity index (χ0) is 22.0. The van der Waals surface area contributed by atoms with Crippen molar-refractivity contribution in [2.75, 3.05) is 12.3 Å². The van der Waals surface area contributed by atoms with Gasteiger partial charge in [-0.1, -0.05) is 45.4 Å². The topological polar surface area (TPSA) is 129 Å². The van der Waals surface area contributed by atoms with Crippen molar-refractivity contribution in [3.8, 4) is 0 Å². The Morgan fingerprint density at radius 2 is 2.00 bits per heavy atom. The first kappa shape index (κ1) is 24.7. The third-order valence-corrected chi connectivity index (χ3v) is 7.03. The molecule has 0 saturated heterocycles. The number of amides is 1. The SMILES string of the molecule is CCCCNS(=O)(=O)C[C@@H](O)[C@@H](O)[C@H](CC1CCCCC1)NC(=O)c1cccnc1. The van der Waals surface area contributed by atoms with Gasteiger partial charge < -0.3 is 15.5 Å². The van der Waals surface area contributed by atoms with Crippen molar-refractivity contribution in [1.29, 1.82) is 0 Å². The maximum Gasteiger partial charge on any atom is 0.253 e. The van der Waals surface area contributed by atoms with Crippen LogP contribution in [0.5, 0.6) is 0 Å². The standard InChI is InChI=1S/C21H35N3O5S/c1-2-3-12-23-30(28,29)15-19(25)20(26)18(13-16-8-5-4-6-9-16)24-21(27)17-10-7-11-22-14-17/h7,10-11,14,16,18-20,23,25-26H,2-6,8-9,12-13,15H2,1H3,(H,24,27)/t18-,19+,20-/m0/s1. The molecule has 0 spiro atoms. The van der Waals surface area contributed by atoms with Gasteiger partial charge in [0, 0.05) is 18.9 Å². The first-order valence-electron chi connectivity index (χ1n) is 10.9. The summed E-state index contributed by atoms with van der Waals surface area (Å²) in [6.07, 6.45) is 7.50. The molecule has 2 rings (SSSR count). The molecule has 1 heterocycles. The Labute approximate surface area is 179 Å². The molecule has 1 fully saturated rings. The van der Waals surface area contributed by atoms with E-state index in [0.29, 0.717) is 30.9 Å². The number of aliphatic hydroxyl groups is 2. The highest BCUT2D eigenvalue weighted by Crippen LogP contribution is 2.28. The van der Waals surface area contributed by atoms with Crippen molar-refractivity contribution >= 4 is 15.9 Å². The van der Waals surface area contributed by atoms with Crippen LogP contribution in [-0.2, 0) is 10.0 Å². The van der Waals surface area contributed by atoms with Crippen molar-refractivity contribution in [3.05, 3.63) is 30.1 Å². The predicted molar refractivity (Wildman–Crippen MR) is 115 cm³/mol. The van der Waals surface area contributed by atoms with Gasteiger partial charge >= 0.3 is 0 Å². The zero-order valence-electron chi connectivity index (χ0n) is 17.7. The number of nitrogens with one attached hydrogen (secondary N) is 2. The second-order valence-electron chi connectivity index (χ2n) is 8.15. The van der Waals surface area contributed by atoms with Crippen LogP contribution in [0.3, 0.4) is 0 Å². The van der Waals surface area contributed by atoms with E-state index >= 15 is 0 Å². The van der Waals surface area contributed by atoms with Crippen LogP contribution in [0.2, 0.25) is 0 Å². The molecule has 1 aliphatic rings. The van der Waals surface area contributed by atoms with E-state index < -0.39 is 39.9 Å². The van der Waals surface area contributed by atoms with Gasteiger partial charge in [0.2, 0.25) is 10.0 Å². The molecule has 0 aromatic carbocycles. The summed E-state index contributed by atoms with van der Waals surface area (Å²) in [7, 11) is -3.73. The largest absolute Gasteiger partial charge is 0.389 e. The fraction of sp³-hybridized carbons (Fsp3) is 0.714. The van der Waals surface area contributed by atoms with Gasteiger partial charge in [0.25, 0.3) is 5.91 Å². The Hall–Kier alpha value is -1.55. The van der Waals surface area contributed by atoms with Crippen LogP contribution >= 0.6 is 0 Å². The number of aliphatic hydroxyl groups excluding tert-OH is 2. The summed E-state index contributed by atoms with van der Waals surface area (Å²) in [5.74, 6) is -0.694. The molecular formula is C21H35N3O5S. The van der Waals surface area contributed by atoms with Crippen LogP contribution in [0.25, 0.3) is 0 Å². The summed E-state index contributed by atoms with van der Waals surface area (Å²) < 4.78 is 26.8. The van der Waals surface area contributed by atoms with Crippen molar-refractivity contribution in [1.82, 2.24) is 15.0 Å². The number of hydrogen-bond acceptors (Lipinski definition) is 6. The van der Waals surface area contributed by atoms with Crippen LogP contribution in [-0.4, -0.2) is 60.1 Å². The smallest absolute Gasteiger partial charge is 0.253 e. The summed E-state index contributed by atoms with van der Waals surface area (Å²) >= 11 is 0. The molecule has 30 heavy (non-hydrogen) atoms. The van der Waals surface area contributed by atoms with Gasteiger partial charge in [0.15, 0.2) is 0 Å². The van der Waals surface area contributed by atoms with Crippen molar-refractivity contribution in [3.63, 3.8) is 0 Å². The molecule has 8 nitrogen and oxygen atoms in total. The lowest BCUT2D eigenvalue weighted by molar-refractivity contribution is 0.00200. The normalized spacial score (nSPS) is 18.5. The minimum Gasteiger partial charge on any atom is -0.389 e. The summed E-state index contributed by atoms with van der Waals surface area (Å²) in [4.78, 5) is 16.5. The highest BCUT2D eigenvalue weighted by molar-refractivity contribution is 7.89. The van der Waals surface area contributed by atoms with E-state index in [4.69, 9.17) is 0 Å². The number of hydrogen-bond donors (Lipinski definition) is 4. The molecule has 0 radical (unpaired) electrons. The van der Waals surface area contributed by atoms with Gasteiger partial charge in [-0.2, -0.15) is 0 Å². The zero-order valence-corrected chi connectivity index (χ0v) is 18.5. The lowest BCUT2D eigenvalue weighted by Gasteiger charge is -2.32. The van der Waals surface area contributed by atoms with Crippen LogP contribution < -0.4 is 10.0 Å². The number of pyridine rings is 1. The number of aromatic nitrogens is 1. The second-order valence-corrected chi connectivity index (χ2v) is 10.0.